The normalized spacial score (nSPS) is 16.3. The number of carbonyl (C=O) groups excluding carboxylic acids is 3. The van der Waals surface area contributed by atoms with Crippen LogP contribution in [0.3, 0.4) is 0 Å². The number of aryl methyl sites for hydroxylation is 1. The number of rotatable bonds is 11. The van der Waals surface area contributed by atoms with Crippen LogP contribution in [0.5, 0.6) is 11.5 Å². The Balaban J connectivity index is 1.48. The second kappa shape index (κ2) is 12.2. The van der Waals surface area contributed by atoms with Crippen LogP contribution in [-0.4, -0.2) is 65.0 Å². The zero-order valence-corrected chi connectivity index (χ0v) is 23.7. The van der Waals surface area contributed by atoms with Gasteiger partial charge in [-0.3, -0.25) is 14.4 Å². The Morgan fingerprint density at radius 2 is 1.82 bits per heavy atom. The van der Waals surface area contributed by atoms with Gasteiger partial charge in [-0.15, -0.1) is 0 Å². The molecule has 3 aromatic rings. The fourth-order valence-corrected chi connectivity index (χ4v) is 4.96. The van der Waals surface area contributed by atoms with Gasteiger partial charge in [-0.2, -0.15) is 0 Å². The van der Waals surface area contributed by atoms with Crippen LogP contribution in [0.2, 0.25) is 0 Å². The van der Waals surface area contributed by atoms with Gasteiger partial charge < -0.3 is 29.6 Å². The van der Waals surface area contributed by atoms with E-state index in [0.29, 0.717) is 44.0 Å². The minimum absolute atomic E-state index is 0.0508. The summed E-state index contributed by atoms with van der Waals surface area (Å²) in [7, 11) is 3.17. The lowest BCUT2D eigenvalue weighted by molar-refractivity contribution is -0.133. The molecule has 0 saturated carbocycles. The summed E-state index contributed by atoms with van der Waals surface area (Å²) in [6.45, 7) is 6.95. The summed E-state index contributed by atoms with van der Waals surface area (Å²) in [4.78, 5) is 46.2. The molecule has 0 radical (unpaired) electrons. The first-order chi connectivity index (χ1) is 19.2. The first kappa shape index (κ1) is 28.7. The van der Waals surface area contributed by atoms with E-state index in [2.05, 4.69) is 15.6 Å². The van der Waals surface area contributed by atoms with Gasteiger partial charge in [0, 0.05) is 25.7 Å². The van der Waals surface area contributed by atoms with Crippen molar-refractivity contribution in [3.63, 3.8) is 0 Å². The van der Waals surface area contributed by atoms with Crippen LogP contribution in [0.25, 0.3) is 0 Å². The zero-order chi connectivity index (χ0) is 28.9. The van der Waals surface area contributed by atoms with E-state index in [-0.39, 0.29) is 29.7 Å². The molecule has 10 nitrogen and oxygen atoms in total. The monoisotopic (exact) mass is 547 g/mol. The Morgan fingerprint density at radius 3 is 2.50 bits per heavy atom. The highest BCUT2D eigenvalue weighted by Crippen LogP contribution is 2.29. The largest absolute Gasteiger partial charge is 0.497 e. The number of carbonyl (C=O) groups is 3. The van der Waals surface area contributed by atoms with Crippen molar-refractivity contribution in [2.45, 2.75) is 52.2 Å². The molecule has 212 valence electrons. The minimum Gasteiger partial charge on any atom is -0.497 e. The lowest BCUT2D eigenvalue weighted by atomic mass is 9.93. The van der Waals surface area contributed by atoms with Crippen LogP contribution in [0, 0.1) is 6.92 Å². The molecular formula is C30H37N5O5. The van der Waals surface area contributed by atoms with E-state index in [0.717, 1.165) is 16.7 Å². The van der Waals surface area contributed by atoms with Gasteiger partial charge >= 0.3 is 0 Å². The third kappa shape index (κ3) is 5.80. The standard InChI is InChI=1S/C30H37N5O5/c1-6-15-35-28(37)26-25(27(36)31-14-13-22-11-12-23(39-4)16-24(22)40-5)33-19-34(26)18-30(35,3)29(38)32-17-21-9-7-20(2)8-10-21/h7-12,16,19H,6,13-15,17-18H2,1-5H3,(H,31,36)(H,32,38)/t30-/m1/s1. The highest BCUT2D eigenvalue weighted by Gasteiger charge is 2.48. The second-order valence-electron chi connectivity index (χ2n) is 10.2. The van der Waals surface area contributed by atoms with Gasteiger partial charge in [0.1, 0.15) is 22.7 Å². The van der Waals surface area contributed by atoms with Gasteiger partial charge in [-0.25, -0.2) is 4.98 Å². The average Bonchev–Trinajstić information content (AvgIpc) is 3.38. The van der Waals surface area contributed by atoms with Crippen molar-refractivity contribution >= 4 is 17.7 Å². The number of fused-ring (bicyclic) bond motifs is 1. The Morgan fingerprint density at radius 1 is 1.07 bits per heavy atom. The average molecular weight is 548 g/mol. The van der Waals surface area contributed by atoms with Crippen molar-refractivity contribution in [3.05, 3.63) is 76.9 Å². The lowest BCUT2D eigenvalue weighted by Gasteiger charge is -2.43. The fraction of sp³-hybridized carbons (Fsp3) is 0.400. The number of ether oxygens (including phenoxy) is 2. The molecule has 0 unspecified atom stereocenters. The van der Waals surface area contributed by atoms with Crippen molar-refractivity contribution in [2.75, 3.05) is 27.3 Å². The molecule has 1 aromatic heterocycles. The molecule has 10 heteroatoms. The number of methoxy groups -OCH3 is 2. The molecule has 2 aromatic carbocycles. The van der Waals surface area contributed by atoms with Gasteiger partial charge in [0.25, 0.3) is 11.8 Å². The van der Waals surface area contributed by atoms with Crippen molar-refractivity contribution in [3.8, 4) is 11.5 Å². The number of imidazole rings is 1. The molecule has 0 aliphatic carbocycles. The van der Waals surface area contributed by atoms with E-state index in [1.807, 2.05) is 50.2 Å². The van der Waals surface area contributed by atoms with Crippen LogP contribution in [-0.2, 0) is 24.3 Å². The third-order valence-corrected chi connectivity index (χ3v) is 7.26. The van der Waals surface area contributed by atoms with E-state index in [4.69, 9.17) is 9.47 Å². The molecule has 40 heavy (non-hydrogen) atoms. The van der Waals surface area contributed by atoms with E-state index in [9.17, 15) is 14.4 Å². The summed E-state index contributed by atoms with van der Waals surface area (Å²) >= 11 is 0. The Hall–Kier alpha value is -4.34. The van der Waals surface area contributed by atoms with Crippen molar-refractivity contribution in [1.29, 1.82) is 0 Å². The van der Waals surface area contributed by atoms with Gasteiger partial charge in [-0.05, 0) is 43.9 Å². The summed E-state index contributed by atoms with van der Waals surface area (Å²) in [6, 6.07) is 13.4. The summed E-state index contributed by atoms with van der Waals surface area (Å²) in [5.41, 5.74) is 2.13. The highest BCUT2D eigenvalue weighted by atomic mass is 16.5. The maximum Gasteiger partial charge on any atom is 0.273 e. The minimum atomic E-state index is -1.13. The molecule has 0 spiro atoms. The van der Waals surface area contributed by atoms with Crippen molar-refractivity contribution < 1.29 is 23.9 Å². The predicted octanol–water partition coefficient (Wildman–Crippen LogP) is 3.12. The van der Waals surface area contributed by atoms with Crippen LogP contribution in [0.1, 0.15) is 57.9 Å². The molecule has 0 fully saturated rings. The molecule has 0 bridgehead atoms. The molecule has 4 rings (SSSR count). The molecule has 1 atom stereocenters. The van der Waals surface area contributed by atoms with Gasteiger partial charge in [0.15, 0.2) is 5.69 Å². The molecule has 0 saturated heterocycles. The maximum atomic E-state index is 13.7. The smallest absolute Gasteiger partial charge is 0.273 e. The van der Waals surface area contributed by atoms with E-state index in [1.165, 1.54) is 6.33 Å². The first-order valence-electron chi connectivity index (χ1n) is 13.4. The van der Waals surface area contributed by atoms with Gasteiger partial charge in [0.2, 0.25) is 5.91 Å². The Labute approximate surface area is 234 Å². The summed E-state index contributed by atoms with van der Waals surface area (Å²) in [5.74, 6) is 0.256. The van der Waals surface area contributed by atoms with Crippen LogP contribution in [0.15, 0.2) is 48.8 Å². The number of amides is 3. The maximum absolute atomic E-state index is 13.7. The molecule has 1 aliphatic rings. The first-order valence-corrected chi connectivity index (χ1v) is 13.4. The van der Waals surface area contributed by atoms with E-state index >= 15 is 0 Å². The number of hydrogen-bond acceptors (Lipinski definition) is 6. The summed E-state index contributed by atoms with van der Waals surface area (Å²) in [6.07, 6.45) is 2.64. The Bertz CT molecular complexity index is 1380. The van der Waals surface area contributed by atoms with Crippen LogP contribution < -0.4 is 20.1 Å². The molecule has 1 aliphatic heterocycles. The SMILES string of the molecule is CCCN1C(=O)c2c(C(=O)NCCc3ccc(OC)cc3OC)ncn2C[C@]1(C)C(=O)NCc1ccc(C)cc1. The predicted molar refractivity (Wildman–Crippen MR) is 151 cm³/mol. The number of aromatic nitrogens is 2. The van der Waals surface area contributed by atoms with E-state index in [1.54, 1.807) is 36.7 Å². The lowest BCUT2D eigenvalue weighted by Crippen LogP contribution is -2.64. The van der Waals surface area contributed by atoms with Crippen molar-refractivity contribution in [1.82, 2.24) is 25.1 Å². The summed E-state index contributed by atoms with van der Waals surface area (Å²) < 4.78 is 12.3. The molecule has 3 amide bonds. The van der Waals surface area contributed by atoms with Gasteiger partial charge in [0.05, 0.1) is 27.1 Å². The van der Waals surface area contributed by atoms with Crippen LogP contribution >= 0.6 is 0 Å². The fourth-order valence-electron chi connectivity index (χ4n) is 4.96. The van der Waals surface area contributed by atoms with Crippen molar-refractivity contribution in [2.24, 2.45) is 0 Å². The second-order valence-corrected chi connectivity index (χ2v) is 10.2. The van der Waals surface area contributed by atoms with Gasteiger partial charge in [-0.1, -0.05) is 42.8 Å². The van der Waals surface area contributed by atoms with E-state index < -0.39 is 11.4 Å². The number of nitrogens with one attached hydrogen (secondary N) is 2. The highest BCUT2D eigenvalue weighted by molar-refractivity contribution is 6.07. The number of hydrogen-bond donors (Lipinski definition) is 2. The quantitative estimate of drug-likeness (QED) is 0.381. The number of nitrogens with zero attached hydrogens (tertiary/aromatic N) is 3. The number of benzene rings is 2. The zero-order valence-electron chi connectivity index (χ0n) is 23.7. The molecular weight excluding hydrogens is 510 g/mol. The topological polar surface area (TPSA) is 115 Å². The molecule has 2 N–H and O–H groups in total. The molecule has 2 heterocycles. The van der Waals surface area contributed by atoms with Crippen LogP contribution in [0.4, 0.5) is 0 Å². The summed E-state index contributed by atoms with van der Waals surface area (Å²) in [5, 5.41) is 5.86. The third-order valence-electron chi connectivity index (χ3n) is 7.26. The Kier molecular flexibility index (Phi) is 8.77.